The molecule has 0 heterocycles. The molecule has 0 saturated heterocycles. The summed E-state index contributed by atoms with van der Waals surface area (Å²) in [4.78, 5) is 0. The molecule has 1 aliphatic carbocycles. The van der Waals surface area contributed by atoms with Gasteiger partial charge in [-0.15, -0.1) is 0 Å². The van der Waals surface area contributed by atoms with Crippen molar-refractivity contribution in [2.75, 3.05) is 11.9 Å². The van der Waals surface area contributed by atoms with Gasteiger partial charge in [0.2, 0.25) is 0 Å². The molecule has 0 fully saturated rings. The summed E-state index contributed by atoms with van der Waals surface area (Å²) in [5, 5.41) is 4.22. The van der Waals surface area contributed by atoms with Gasteiger partial charge in [-0.25, -0.2) is 4.39 Å². The van der Waals surface area contributed by atoms with E-state index in [2.05, 4.69) is 11.4 Å². The second-order valence-electron chi connectivity index (χ2n) is 5.24. The SMILES string of the molecule is CCOc1cc(F)ccc1NC1Cc2ccc(Cl)cc2C1. The molecule has 1 unspecified atom stereocenters. The molecule has 21 heavy (non-hydrogen) atoms. The topological polar surface area (TPSA) is 21.3 Å². The number of anilines is 1. The van der Waals surface area contributed by atoms with Crippen LogP contribution >= 0.6 is 11.6 Å². The van der Waals surface area contributed by atoms with E-state index in [0.717, 1.165) is 23.6 Å². The highest BCUT2D eigenvalue weighted by Crippen LogP contribution is 2.31. The van der Waals surface area contributed by atoms with Gasteiger partial charge in [0.15, 0.2) is 0 Å². The Morgan fingerprint density at radius 2 is 2.00 bits per heavy atom. The summed E-state index contributed by atoms with van der Waals surface area (Å²) in [5.74, 6) is 0.275. The summed E-state index contributed by atoms with van der Waals surface area (Å²) in [6.07, 6.45) is 1.86. The Morgan fingerprint density at radius 1 is 1.19 bits per heavy atom. The molecule has 0 spiro atoms. The van der Waals surface area contributed by atoms with Gasteiger partial charge in [-0.05, 0) is 55.2 Å². The molecule has 1 N–H and O–H groups in total. The van der Waals surface area contributed by atoms with E-state index in [1.54, 1.807) is 6.07 Å². The molecule has 3 rings (SSSR count). The normalized spacial score (nSPS) is 16.6. The number of nitrogens with one attached hydrogen (secondary N) is 1. The molecular weight excluding hydrogens is 289 g/mol. The molecule has 2 nitrogen and oxygen atoms in total. The maximum Gasteiger partial charge on any atom is 0.145 e. The van der Waals surface area contributed by atoms with Crippen LogP contribution in [0.1, 0.15) is 18.1 Å². The molecule has 4 heteroatoms. The minimum absolute atomic E-state index is 0.281. The van der Waals surface area contributed by atoms with Crippen molar-refractivity contribution in [2.24, 2.45) is 0 Å². The lowest BCUT2D eigenvalue weighted by atomic mass is 10.1. The highest BCUT2D eigenvalue weighted by atomic mass is 35.5. The Hall–Kier alpha value is -1.74. The van der Waals surface area contributed by atoms with Crippen LogP contribution in [0.15, 0.2) is 36.4 Å². The van der Waals surface area contributed by atoms with Crippen molar-refractivity contribution < 1.29 is 9.13 Å². The van der Waals surface area contributed by atoms with Crippen molar-refractivity contribution in [2.45, 2.75) is 25.8 Å². The molecule has 0 radical (unpaired) electrons. The van der Waals surface area contributed by atoms with Crippen molar-refractivity contribution in [3.63, 3.8) is 0 Å². The van der Waals surface area contributed by atoms with E-state index in [1.807, 2.05) is 19.1 Å². The number of fused-ring (bicyclic) bond motifs is 1. The molecule has 2 aromatic rings. The summed E-state index contributed by atoms with van der Waals surface area (Å²) in [6, 6.07) is 10.9. The van der Waals surface area contributed by atoms with Gasteiger partial charge in [-0.1, -0.05) is 17.7 Å². The van der Waals surface area contributed by atoms with Crippen LogP contribution < -0.4 is 10.1 Å². The number of halogens is 2. The summed E-state index contributed by atoms with van der Waals surface area (Å²) in [6.45, 7) is 2.40. The summed E-state index contributed by atoms with van der Waals surface area (Å²) in [5.41, 5.74) is 3.43. The highest BCUT2D eigenvalue weighted by molar-refractivity contribution is 6.30. The van der Waals surface area contributed by atoms with Crippen molar-refractivity contribution in [3.8, 4) is 5.75 Å². The van der Waals surface area contributed by atoms with Crippen LogP contribution in [0.4, 0.5) is 10.1 Å². The first-order chi connectivity index (χ1) is 10.2. The maximum atomic E-state index is 13.3. The predicted octanol–water partition coefficient (Wildman–Crippen LogP) is 4.46. The standard InChI is InChI=1S/C17H17ClFNO/c1-2-21-17-10-14(19)5-6-16(17)20-15-8-11-3-4-13(18)7-12(11)9-15/h3-7,10,15,20H,2,8-9H2,1H3. The summed E-state index contributed by atoms with van der Waals surface area (Å²) < 4.78 is 18.8. The van der Waals surface area contributed by atoms with Gasteiger partial charge >= 0.3 is 0 Å². The number of rotatable bonds is 4. The van der Waals surface area contributed by atoms with Crippen LogP contribution in [-0.2, 0) is 12.8 Å². The van der Waals surface area contributed by atoms with Crippen molar-refractivity contribution in [1.82, 2.24) is 0 Å². The quantitative estimate of drug-likeness (QED) is 0.900. The molecule has 1 aliphatic rings. The van der Waals surface area contributed by atoms with E-state index in [0.29, 0.717) is 12.4 Å². The highest BCUT2D eigenvalue weighted by Gasteiger charge is 2.22. The molecule has 0 aliphatic heterocycles. The molecular formula is C17H17ClFNO. The number of hydrogen-bond donors (Lipinski definition) is 1. The Balaban J connectivity index is 1.77. The molecule has 0 bridgehead atoms. The van der Waals surface area contributed by atoms with E-state index in [4.69, 9.17) is 16.3 Å². The van der Waals surface area contributed by atoms with Crippen LogP contribution in [0.2, 0.25) is 5.02 Å². The monoisotopic (exact) mass is 305 g/mol. The minimum Gasteiger partial charge on any atom is -0.492 e. The second kappa shape index (κ2) is 5.94. The third-order valence-electron chi connectivity index (χ3n) is 3.70. The fourth-order valence-corrected chi connectivity index (χ4v) is 2.99. The largest absolute Gasteiger partial charge is 0.492 e. The van der Waals surface area contributed by atoms with Crippen molar-refractivity contribution in [3.05, 3.63) is 58.4 Å². The zero-order chi connectivity index (χ0) is 14.8. The lowest BCUT2D eigenvalue weighted by molar-refractivity contribution is 0.339. The lowest BCUT2D eigenvalue weighted by Gasteiger charge is -2.17. The summed E-state index contributed by atoms with van der Waals surface area (Å²) >= 11 is 6.03. The van der Waals surface area contributed by atoms with Gasteiger partial charge in [0.1, 0.15) is 11.6 Å². The first-order valence-electron chi connectivity index (χ1n) is 7.12. The van der Waals surface area contributed by atoms with Gasteiger partial charge in [0.05, 0.1) is 12.3 Å². The molecule has 1 atom stereocenters. The molecule has 0 saturated carbocycles. The van der Waals surface area contributed by atoms with E-state index >= 15 is 0 Å². The van der Waals surface area contributed by atoms with Crippen LogP contribution in [0.3, 0.4) is 0 Å². The zero-order valence-corrected chi connectivity index (χ0v) is 12.6. The first-order valence-corrected chi connectivity index (χ1v) is 7.49. The smallest absolute Gasteiger partial charge is 0.145 e. The van der Waals surface area contributed by atoms with E-state index in [1.165, 1.54) is 23.3 Å². The van der Waals surface area contributed by atoms with Crippen LogP contribution in [0.5, 0.6) is 5.75 Å². The third kappa shape index (κ3) is 3.13. The van der Waals surface area contributed by atoms with Crippen LogP contribution in [0, 0.1) is 5.82 Å². The van der Waals surface area contributed by atoms with E-state index in [-0.39, 0.29) is 11.9 Å². The molecule has 0 aromatic heterocycles. The van der Waals surface area contributed by atoms with Gasteiger partial charge in [0, 0.05) is 17.1 Å². The molecule has 0 amide bonds. The second-order valence-corrected chi connectivity index (χ2v) is 5.67. The Morgan fingerprint density at radius 3 is 2.81 bits per heavy atom. The Bertz CT molecular complexity index is 659. The number of hydrogen-bond acceptors (Lipinski definition) is 2. The maximum absolute atomic E-state index is 13.3. The number of benzene rings is 2. The third-order valence-corrected chi connectivity index (χ3v) is 3.94. The molecule has 110 valence electrons. The van der Waals surface area contributed by atoms with Crippen LogP contribution in [0.25, 0.3) is 0 Å². The van der Waals surface area contributed by atoms with E-state index in [9.17, 15) is 4.39 Å². The van der Waals surface area contributed by atoms with Gasteiger partial charge in [0.25, 0.3) is 0 Å². The minimum atomic E-state index is -0.287. The molecule has 2 aromatic carbocycles. The predicted molar refractivity (Wildman–Crippen MR) is 83.8 cm³/mol. The van der Waals surface area contributed by atoms with Gasteiger partial charge in [-0.3, -0.25) is 0 Å². The van der Waals surface area contributed by atoms with Crippen molar-refractivity contribution in [1.29, 1.82) is 0 Å². The first kappa shape index (κ1) is 14.2. The zero-order valence-electron chi connectivity index (χ0n) is 11.8. The van der Waals surface area contributed by atoms with E-state index < -0.39 is 0 Å². The number of ether oxygens (including phenoxy) is 1. The van der Waals surface area contributed by atoms with Crippen LogP contribution in [-0.4, -0.2) is 12.6 Å². The lowest BCUT2D eigenvalue weighted by Crippen LogP contribution is -2.20. The Labute approximate surface area is 128 Å². The van der Waals surface area contributed by atoms with Gasteiger partial charge in [-0.2, -0.15) is 0 Å². The fourth-order valence-electron chi connectivity index (χ4n) is 2.80. The Kier molecular flexibility index (Phi) is 4.02. The van der Waals surface area contributed by atoms with Gasteiger partial charge < -0.3 is 10.1 Å². The average Bonchev–Trinajstić information content (AvgIpc) is 2.83. The fraction of sp³-hybridized carbons (Fsp3) is 0.294. The average molecular weight is 306 g/mol. The summed E-state index contributed by atoms with van der Waals surface area (Å²) in [7, 11) is 0. The van der Waals surface area contributed by atoms with Crippen molar-refractivity contribution >= 4 is 17.3 Å².